The predicted octanol–water partition coefficient (Wildman–Crippen LogP) is 4.17. The maximum Gasteiger partial charge on any atom is 0.331 e. The van der Waals surface area contributed by atoms with Gasteiger partial charge in [0.2, 0.25) is 0 Å². The topological polar surface area (TPSA) is 52.6 Å². The summed E-state index contributed by atoms with van der Waals surface area (Å²) in [5.41, 5.74) is 0.471. The van der Waals surface area contributed by atoms with E-state index in [9.17, 15) is 9.59 Å². The van der Waals surface area contributed by atoms with Gasteiger partial charge in [-0.25, -0.2) is 4.79 Å². The van der Waals surface area contributed by atoms with Crippen molar-refractivity contribution in [2.75, 3.05) is 0 Å². The molecule has 0 radical (unpaired) electrons. The third-order valence-electron chi connectivity index (χ3n) is 2.84. The molecule has 0 bridgehead atoms. The largest absolute Gasteiger partial charge is 0.460 e. The van der Waals surface area contributed by atoms with Crippen molar-refractivity contribution in [1.82, 2.24) is 0 Å². The van der Waals surface area contributed by atoms with Crippen LogP contribution in [0.15, 0.2) is 66.7 Å². The van der Waals surface area contributed by atoms with Gasteiger partial charge in [-0.2, -0.15) is 0 Å². The fraction of sp³-hybridized carbons (Fsp3) is 0.158. The van der Waals surface area contributed by atoms with Gasteiger partial charge in [0.15, 0.2) is 5.78 Å². The van der Waals surface area contributed by atoms with Gasteiger partial charge >= 0.3 is 5.97 Å². The fourth-order valence-corrected chi connectivity index (χ4v) is 1.82. The van der Waals surface area contributed by atoms with E-state index >= 15 is 0 Å². The van der Waals surface area contributed by atoms with Gasteiger partial charge in [-0.05, 0) is 56.3 Å². The summed E-state index contributed by atoms with van der Waals surface area (Å²) in [6.07, 6.45) is 2.13. The Labute approximate surface area is 135 Å². The molecule has 0 atom stereocenters. The van der Waals surface area contributed by atoms with Crippen LogP contribution in [-0.2, 0) is 9.53 Å². The summed E-state index contributed by atoms with van der Waals surface area (Å²) < 4.78 is 10.6. The van der Waals surface area contributed by atoms with Gasteiger partial charge in [0.05, 0.1) is 6.10 Å². The number of para-hydroxylation sites is 1. The van der Waals surface area contributed by atoms with E-state index in [0.29, 0.717) is 11.3 Å². The molecule has 4 nitrogen and oxygen atoms in total. The van der Waals surface area contributed by atoms with Crippen molar-refractivity contribution in [1.29, 1.82) is 0 Å². The molecule has 0 aromatic heterocycles. The monoisotopic (exact) mass is 310 g/mol. The number of esters is 1. The highest BCUT2D eigenvalue weighted by Gasteiger charge is 2.05. The van der Waals surface area contributed by atoms with E-state index in [4.69, 9.17) is 9.47 Å². The normalized spacial score (nSPS) is 10.7. The van der Waals surface area contributed by atoms with Crippen molar-refractivity contribution in [3.63, 3.8) is 0 Å². The van der Waals surface area contributed by atoms with Gasteiger partial charge in [-0.3, -0.25) is 4.79 Å². The number of ether oxygens (including phenoxy) is 2. The maximum atomic E-state index is 12.0. The van der Waals surface area contributed by atoms with Crippen LogP contribution in [0.1, 0.15) is 24.2 Å². The standard InChI is InChI=1S/C19H18O4/c1-14(2)22-19(21)13-12-18(20)15-8-10-17(11-9-15)23-16-6-4-3-5-7-16/h3-14H,1-2H3. The molecular weight excluding hydrogens is 292 g/mol. The van der Waals surface area contributed by atoms with Crippen molar-refractivity contribution in [3.8, 4) is 11.5 Å². The highest BCUT2D eigenvalue weighted by Crippen LogP contribution is 2.21. The SMILES string of the molecule is CC(C)OC(=O)C=CC(=O)c1ccc(Oc2ccccc2)cc1. The molecule has 0 saturated carbocycles. The van der Waals surface area contributed by atoms with Crippen molar-refractivity contribution in [2.24, 2.45) is 0 Å². The average Bonchev–Trinajstić information content (AvgIpc) is 2.54. The zero-order chi connectivity index (χ0) is 16.7. The van der Waals surface area contributed by atoms with Crippen molar-refractivity contribution in [2.45, 2.75) is 20.0 Å². The highest BCUT2D eigenvalue weighted by molar-refractivity contribution is 6.07. The molecule has 2 aromatic rings. The van der Waals surface area contributed by atoms with Crippen molar-refractivity contribution < 1.29 is 19.1 Å². The minimum atomic E-state index is -0.530. The summed E-state index contributed by atoms with van der Waals surface area (Å²) >= 11 is 0. The summed E-state index contributed by atoms with van der Waals surface area (Å²) in [4.78, 5) is 23.3. The Balaban J connectivity index is 1.97. The van der Waals surface area contributed by atoms with E-state index in [-0.39, 0.29) is 11.9 Å². The Hall–Kier alpha value is -2.88. The van der Waals surface area contributed by atoms with Crippen LogP contribution >= 0.6 is 0 Å². The molecule has 0 aliphatic rings. The molecule has 0 N–H and O–H groups in total. The van der Waals surface area contributed by atoms with Gasteiger partial charge in [0.25, 0.3) is 0 Å². The van der Waals surface area contributed by atoms with Gasteiger partial charge < -0.3 is 9.47 Å². The van der Waals surface area contributed by atoms with Crippen molar-refractivity contribution in [3.05, 3.63) is 72.3 Å². The molecule has 2 rings (SSSR count). The maximum absolute atomic E-state index is 12.0. The molecule has 2 aromatic carbocycles. The quantitative estimate of drug-likeness (QED) is 0.456. The van der Waals surface area contributed by atoms with Crippen LogP contribution in [0, 0.1) is 0 Å². The van der Waals surface area contributed by atoms with E-state index in [1.54, 1.807) is 38.1 Å². The summed E-state index contributed by atoms with van der Waals surface area (Å²) in [5.74, 6) is 0.563. The fourth-order valence-electron chi connectivity index (χ4n) is 1.82. The van der Waals surface area contributed by atoms with E-state index in [0.717, 1.165) is 11.8 Å². The Morgan fingerprint density at radius 1 is 0.870 bits per heavy atom. The van der Waals surface area contributed by atoms with E-state index in [1.165, 1.54) is 6.08 Å². The summed E-state index contributed by atoms with van der Waals surface area (Å²) in [7, 11) is 0. The van der Waals surface area contributed by atoms with Crippen molar-refractivity contribution >= 4 is 11.8 Å². The molecular formula is C19H18O4. The second-order valence-corrected chi connectivity index (χ2v) is 5.12. The van der Waals surface area contributed by atoms with Crippen LogP contribution in [0.3, 0.4) is 0 Å². The summed E-state index contributed by atoms with van der Waals surface area (Å²) in [6, 6.07) is 16.1. The average molecular weight is 310 g/mol. The molecule has 0 heterocycles. The molecule has 4 heteroatoms. The Morgan fingerprint density at radius 3 is 2.09 bits per heavy atom. The summed E-state index contributed by atoms with van der Waals surface area (Å²) in [5, 5.41) is 0. The van der Waals surface area contributed by atoms with Crippen LogP contribution in [0.2, 0.25) is 0 Å². The highest BCUT2D eigenvalue weighted by atomic mass is 16.5. The van der Waals surface area contributed by atoms with E-state index in [1.807, 2.05) is 30.3 Å². The second kappa shape index (κ2) is 7.94. The lowest BCUT2D eigenvalue weighted by atomic mass is 10.1. The number of carbonyl (C=O) groups is 2. The third kappa shape index (κ3) is 5.43. The zero-order valence-electron chi connectivity index (χ0n) is 13.1. The van der Waals surface area contributed by atoms with Gasteiger partial charge in [-0.15, -0.1) is 0 Å². The molecule has 0 amide bonds. The number of allylic oxidation sites excluding steroid dienone is 1. The summed E-state index contributed by atoms with van der Waals surface area (Å²) in [6.45, 7) is 3.50. The Morgan fingerprint density at radius 2 is 1.48 bits per heavy atom. The zero-order valence-corrected chi connectivity index (χ0v) is 13.1. The van der Waals surface area contributed by atoms with Crippen LogP contribution < -0.4 is 4.74 Å². The molecule has 0 aliphatic carbocycles. The van der Waals surface area contributed by atoms with Crippen LogP contribution in [0.4, 0.5) is 0 Å². The number of rotatable bonds is 6. The molecule has 0 unspecified atom stereocenters. The minimum absolute atomic E-state index is 0.211. The van der Waals surface area contributed by atoms with Gasteiger partial charge in [0, 0.05) is 11.6 Å². The van der Waals surface area contributed by atoms with Gasteiger partial charge in [-0.1, -0.05) is 18.2 Å². The van der Waals surface area contributed by atoms with Crippen LogP contribution in [-0.4, -0.2) is 17.9 Å². The Bertz CT molecular complexity index is 685. The lowest BCUT2D eigenvalue weighted by Crippen LogP contribution is -2.09. The third-order valence-corrected chi connectivity index (χ3v) is 2.84. The lowest BCUT2D eigenvalue weighted by Gasteiger charge is -2.06. The number of benzene rings is 2. The number of hydrogen-bond donors (Lipinski definition) is 0. The molecule has 0 spiro atoms. The smallest absolute Gasteiger partial charge is 0.331 e. The number of carbonyl (C=O) groups excluding carboxylic acids is 2. The lowest BCUT2D eigenvalue weighted by molar-refractivity contribution is -0.141. The molecule has 0 saturated heterocycles. The molecule has 23 heavy (non-hydrogen) atoms. The molecule has 0 aliphatic heterocycles. The first-order valence-corrected chi connectivity index (χ1v) is 7.30. The van der Waals surface area contributed by atoms with Crippen LogP contribution in [0.25, 0.3) is 0 Å². The first-order chi connectivity index (χ1) is 11.0. The number of ketones is 1. The van der Waals surface area contributed by atoms with Gasteiger partial charge in [0.1, 0.15) is 11.5 Å². The predicted molar refractivity (Wildman–Crippen MR) is 87.7 cm³/mol. The molecule has 118 valence electrons. The minimum Gasteiger partial charge on any atom is -0.460 e. The number of hydrogen-bond acceptors (Lipinski definition) is 4. The van der Waals surface area contributed by atoms with E-state index in [2.05, 4.69) is 0 Å². The molecule has 0 fully saturated rings. The second-order valence-electron chi connectivity index (χ2n) is 5.12. The first kappa shape index (κ1) is 16.5. The Kier molecular flexibility index (Phi) is 5.69. The first-order valence-electron chi connectivity index (χ1n) is 7.30. The van der Waals surface area contributed by atoms with E-state index < -0.39 is 5.97 Å². The van der Waals surface area contributed by atoms with Crippen LogP contribution in [0.5, 0.6) is 11.5 Å².